The second kappa shape index (κ2) is 4.49. The first-order valence-corrected chi connectivity index (χ1v) is 7.37. The van der Waals surface area contributed by atoms with E-state index in [2.05, 4.69) is 22.8 Å². The highest BCUT2D eigenvalue weighted by Crippen LogP contribution is 2.35. The lowest BCUT2D eigenvalue weighted by molar-refractivity contribution is -0.205. The maximum absolute atomic E-state index is 10.5. The van der Waals surface area contributed by atoms with Crippen LogP contribution in [0.25, 0.3) is 0 Å². The van der Waals surface area contributed by atoms with Crippen LogP contribution < -0.4 is 0 Å². The van der Waals surface area contributed by atoms with Gasteiger partial charge in [-0.1, -0.05) is 5.16 Å². The molecular weight excluding hydrogens is 268 g/mol. The lowest BCUT2D eigenvalue weighted by Gasteiger charge is -2.16. The van der Waals surface area contributed by atoms with Crippen molar-refractivity contribution in [2.24, 2.45) is 12.2 Å². The Morgan fingerprint density at radius 2 is 2.19 bits per heavy atom. The zero-order valence-electron chi connectivity index (χ0n) is 12.0. The Balaban J connectivity index is 1.66. The summed E-state index contributed by atoms with van der Waals surface area (Å²) in [7, 11) is 2.06. The summed E-state index contributed by atoms with van der Waals surface area (Å²) < 4.78 is 7.45. The quantitative estimate of drug-likeness (QED) is 0.922. The molecule has 0 fully saturated rings. The number of rotatable bonds is 2. The number of nitrogens with zero attached hydrogens (tertiary/aromatic N) is 2. The van der Waals surface area contributed by atoms with Gasteiger partial charge in [-0.15, -0.1) is 0 Å². The van der Waals surface area contributed by atoms with Crippen LogP contribution in [0.15, 0.2) is 34.0 Å². The minimum atomic E-state index is -1.48. The zero-order chi connectivity index (χ0) is 14.4. The van der Waals surface area contributed by atoms with Gasteiger partial charge in [0.1, 0.15) is 5.71 Å². The molecule has 0 spiro atoms. The molecule has 0 bridgehead atoms. The highest BCUT2D eigenvalue weighted by molar-refractivity contribution is 6.00. The summed E-state index contributed by atoms with van der Waals surface area (Å²) in [4.78, 5) is 5.28. The Morgan fingerprint density at radius 3 is 2.95 bits per heavy atom. The van der Waals surface area contributed by atoms with Crippen LogP contribution >= 0.6 is 0 Å². The number of fused-ring (bicyclic) bond motifs is 1. The maximum Gasteiger partial charge on any atom is 0.298 e. The van der Waals surface area contributed by atoms with Gasteiger partial charge in [-0.05, 0) is 49.4 Å². The molecule has 21 heavy (non-hydrogen) atoms. The van der Waals surface area contributed by atoms with Gasteiger partial charge >= 0.3 is 0 Å². The molecule has 1 unspecified atom stereocenters. The summed E-state index contributed by atoms with van der Waals surface area (Å²) in [6, 6.07) is 5.62. The Hall–Kier alpha value is -2.01. The summed E-state index contributed by atoms with van der Waals surface area (Å²) in [5.41, 5.74) is 4.58. The molecule has 2 aliphatic rings. The van der Waals surface area contributed by atoms with Crippen molar-refractivity contribution in [1.82, 2.24) is 4.57 Å². The molecule has 0 radical (unpaired) electrons. The normalized spacial score (nSPS) is 24.6. The van der Waals surface area contributed by atoms with E-state index < -0.39 is 5.79 Å². The van der Waals surface area contributed by atoms with Gasteiger partial charge < -0.3 is 18.9 Å². The van der Waals surface area contributed by atoms with Crippen LogP contribution in [0.2, 0.25) is 0 Å². The molecule has 1 atom stereocenters. The fourth-order valence-corrected chi connectivity index (χ4v) is 3.33. The molecule has 110 valence electrons. The predicted octanol–water partition coefficient (Wildman–Crippen LogP) is 2.47. The van der Waals surface area contributed by atoms with Crippen molar-refractivity contribution in [2.45, 2.75) is 37.9 Å². The SMILES string of the molecule is Cn1c(C2=NOC(O)(c3ccco3)C2)cc2c1CCCC2. The summed E-state index contributed by atoms with van der Waals surface area (Å²) in [5.74, 6) is -1.09. The molecule has 2 aromatic rings. The molecule has 0 aromatic carbocycles. The molecule has 1 aliphatic carbocycles. The molecule has 0 saturated carbocycles. The lowest BCUT2D eigenvalue weighted by Crippen LogP contribution is -2.25. The second-order valence-corrected chi connectivity index (χ2v) is 5.84. The van der Waals surface area contributed by atoms with E-state index in [1.54, 1.807) is 12.1 Å². The van der Waals surface area contributed by atoms with E-state index in [9.17, 15) is 5.11 Å². The molecule has 4 rings (SSSR count). The molecule has 2 aromatic heterocycles. The van der Waals surface area contributed by atoms with Crippen molar-refractivity contribution in [1.29, 1.82) is 0 Å². The third-order valence-corrected chi connectivity index (χ3v) is 4.47. The summed E-state index contributed by atoms with van der Waals surface area (Å²) in [5, 5.41) is 14.6. The van der Waals surface area contributed by atoms with E-state index in [4.69, 9.17) is 9.25 Å². The minimum Gasteiger partial charge on any atom is -0.462 e. The smallest absolute Gasteiger partial charge is 0.298 e. The van der Waals surface area contributed by atoms with E-state index in [-0.39, 0.29) is 0 Å². The second-order valence-electron chi connectivity index (χ2n) is 5.84. The summed E-state index contributed by atoms with van der Waals surface area (Å²) in [6.07, 6.45) is 6.55. The Kier molecular flexibility index (Phi) is 2.72. The van der Waals surface area contributed by atoms with Gasteiger partial charge in [0.05, 0.1) is 18.4 Å². The molecule has 1 N–H and O–H groups in total. The zero-order valence-corrected chi connectivity index (χ0v) is 12.0. The molecule has 3 heterocycles. The number of hydrogen-bond acceptors (Lipinski definition) is 4. The van der Waals surface area contributed by atoms with E-state index in [1.165, 1.54) is 30.4 Å². The molecule has 0 amide bonds. The molecule has 0 saturated heterocycles. The average Bonchev–Trinajstić information content (AvgIpc) is 3.19. The highest BCUT2D eigenvalue weighted by atomic mass is 16.7. The minimum absolute atomic E-state index is 0.303. The van der Waals surface area contributed by atoms with Crippen LogP contribution in [-0.4, -0.2) is 15.4 Å². The topological polar surface area (TPSA) is 59.9 Å². The Morgan fingerprint density at radius 1 is 1.33 bits per heavy atom. The predicted molar refractivity (Wildman–Crippen MR) is 76.9 cm³/mol. The van der Waals surface area contributed by atoms with Crippen molar-refractivity contribution < 1.29 is 14.4 Å². The maximum atomic E-state index is 10.5. The molecule has 1 aliphatic heterocycles. The fraction of sp³-hybridized carbons (Fsp3) is 0.438. The summed E-state index contributed by atoms with van der Waals surface area (Å²) in [6.45, 7) is 0. The van der Waals surface area contributed by atoms with Gasteiger partial charge in [0, 0.05) is 12.7 Å². The van der Waals surface area contributed by atoms with Crippen molar-refractivity contribution in [3.05, 3.63) is 47.2 Å². The van der Waals surface area contributed by atoms with E-state index in [1.807, 2.05) is 0 Å². The van der Waals surface area contributed by atoms with Gasteiger partial charge in [-0.3, -0.25) is 0 Å². The third kappa shape index (κ3) is 1.92. The first-order valence-electron chi connectivity index (χ1n) is 7.37. The lowest BCUT2D eigenvalue weighted by atomic mass is 9.98. The van der Waals surface area contributed by atoms with Gasteiger partial charge in [-0.2, -0.15) is 0 Å². The first-order chi connectivity index (χ1) is 10.2. The largest absolute Gasteiger partial charge is 0.462 e. The Labute approximate surface area is 122 Å². The van der Waals surface area contributed by atoms with E-state index in [0.29, 0.717) is 12.2 Å². The number of aromatic nitrogens is 1. The van der Waals surface area contributed by atoms with Gasteiger partial charge in [0.25, 0.3) is 5.79 Å². The van der Waals surface area contributed by atoms with E-state index >= 15 is 0 Å². The fourth-order valence-electron chi connectivity index (χ4n) is 3.33. The van der Waals surface area contributed by atoms with Crippen molar-refractivity contribution >= 4 is 5.71 Å². The number of aliphatic hydroxyl groups is 1. The summed E-state index contributed by atoms with van der Waals surface area (Å²) >= 11 is 0. The van der Waals surface area contributed by atoms with Crippen molar-refractivity contribution in [3.63, 3.8) is 0 Å². The molecule has 5 heteroatoms. The van der Waals surface area contributed by atoms with Crippen LogP contribution in [0, 0.1) is 0 Å². The van der Waals surface area contributed by atoms with Crippen LogP contribution in [0.1, 0.15) is 42.0 Å². The monoisotopic (exact) mass is 286 g/mol. The number of aryl methyl sites for hydroxylation is 1. The average molecular weight is 286 g/mol. The van der Waals surface area contributed by atoms with Gasteiger partial charge in [0.15, 0.2) is 5.76 Å². The first kappa shape index (κ1) is 12.7. The highest BCUT2D eigenvalue weighted by Gasteiger charge is 2.42. The molecule has 5 nitrogen and oxygen atoms in total. The number of furan rings is 1. The van der Waals surface area contributed by atoms with Crippen LogP contribution in [0.5, 0.6) is 0 Å². The van der Waals surface area contributed by atoms with Crippen LogP contribution in [-0.2, 0) is 30.5 Å². The third-order valence-electron chi connectivity index (χ3n) is 4.47. The van der Waals surface area contributed by atoms with Gasteiger partial charge in [-0.25, -0.2) is 0 Å². The number of oxime groups is 1. The van der Waals surface area contributed by atoms with Crippen LogP contribution in [0.4, 0.5) is 0 Å². The van der Waals surface area contributed by atoms with Crippen molar-refractivity contribution in [3.8, 4) is 0 Å². The van der Waals surface area contributed by atoms with Gasteiger partial charge in [0.2, 0.25) is 0 Å². The van der Waals surface area contributed by atoms with Crippen molar-refractivity contribution in [2.75, 3.05) is 0 Å². The standard InChI is InChI=1S/C16H18N2O3/c1-18-13-6-3-2-5-11(13)9-14(18)12-10-16(19,21-17-12)15-7-4-8-20-15/h4,7-9,19H,2-3,5-6,10H2,1H3. The number of hydrogen-bond donors (Lipinski definition) is 1. The molecular formula is C16H18N2O3. The van der Waals surface area contributed by atoms with E-state index in [0.717, 1.165) is 24.2 Å². The Bertz CT molecular complexity index is 699. The van der Waals surface area contributed by atoms with Crippen LogP contribution in [0.3, 0.4) is 0 Å².